The fourth-order valence-electron chi connectivity index (χ4n) is 1.97. The molecule has 0 saturated carbocycles. The zero-order valence-corrected chi connectivity index (χ0v) is 12.8. The summed E-state index contributed by atoms with van der Waals surface area (Å²) in [5, 5.41) is 0. The van der Waals surface area contributed by atoms with Crippen LogP contribution in [0.15, 0.2) is 30.5 Å². The largest absolute Gasteiger partial charge is 0.334 e. The fourth-order valence-corrected chi connectivity index (χ4v) is 2.94. The molecule has 20 heavy (non-hydrogen) atoms. The van der Waals surface area contributed by atoms with E-state index in [1.165, 1.54) is 9.75 Å². The van der Waals surface area contributed by atoms with Crippen molar-refractivity contribution in [2.45, 2.75) is 26.4 Å². The number of amides is 1. The van der Waals surface area contributed by atoms with Gasteiger partial charge in [0, 0.05) is 35.1 Å². The lowest BCUT2D eigenvalue weighted by Crippen LogP contribution is -2.29. The number of thiophene rings is 1. The monoisotopic (exact) mass is 289 g/mol. The summed E-state index contributed by atoms with van der Waals surface area (Å²) in [6.07, 6.45) is 1.63. The average molecular weight is 289 g/mol. The third-order valence-corrected chi connectivity index (χ3v) is 4.52. The highest BCUT2D eigenvalue weighted by atomic mass is 32.1. The number of nitrogens with zero attached hydrogens (tertiary/aromatic N) is 2. The van der Waals surface area contributed by atoms with Gasteiger partial charge >= 0.3 is 0 Å². The number of carbonyl (C=O) groups is 1. The minimum atomic E-state index is -0.0133. The number of carbonyl (C=O) groups excluding carboxylic acids is 1. The summed E-state index contributed by atoms with van der Waals surface area (Å²) in [6.45, 7) is 4.44. The van der Waals surface area contributed by atoms with E-state index in [0.717, 1.165) is 5.69 Å². The van der Waals surface area contributed by atoms with Crippen molar-refractivity contribution in [3.05, 3.63) is 51.5 Å². The van der Waals surface area contributed by atoms with Gasteiger partial charge in [0.15, 0.2) is 0 Å². The van der Waals surface area contributed by atoms with Crippen molar-refractivity contribution in [2.75, 3.05) is 7.05 Å². The van der Waals surface area contributed by atoms with Crippen LogP contribution in [-0.2, 0) is 6.54 Å². The van der Waals surface area contributed by atoms with Crippen molar-refractivity contribution in [3.8, 4) is 0 Å². The molecule has 5 heteroatoms. The number of aryl methyl sites for hydroxylation is 1. The molecule has 0 fully saturated rings. The van der Waals surface area contributed by atoms with Gasteiger partial charge in [0.05, 0.1) is 11.7 Å². The molecular formula is C15H19N3OS. The van der Waals surface area contributed by atoms with Crippen molar-refractivity contribution >= 4 is 17.2 Å². The molecule has 1 atom stereocenters. The summed E-state index contributed by atoms with van der Waals surface area (Å²) in [4.78, 5) is 20.8. The lowest BCUT2D eigenvalue weighted by molar-refractivity contribution is 0.0744. The van der Waals surface area contributed by atoms with E-state index < -0.39 is 0 Å². The molecule has 0 bridgehead atoms. The Balaban J connectivity index is 2.19. The van der Waals surface area contributed by atoms with E-state index in [2.05, 4.69) is 24.0 Å². The predicted octanol–water partition coefficient (Wildman–Crippen LogP) is 2.74. The van der Waals surface area contributed by atoms with Crippen LogP contribution in [0.5, 0.6) is 0 Å². The lowest BCUT2D eigenvalue weighted by Gasteiger charge is -2.24. The van der Waals surface area contributed by atoms with Crippen molar-refractivity contribution in [3.63, 3.8) is 0 Å². The van der Waals surface area contributed by atoms with Gasteiger partial charge < -0.3 is 10.6 Å². The number of rotatable bonds is 4. The summed E-state index contributed by atoms with van der Waals surface area (Å²) in [7, 11) is 1.82. The van der Waals surface area contributed by atoms with Gasteiger partial charge in [-0.1, -0.05) is 0 Å². The third-order valence-electron chi connectivity index (χ3n) is 3.35. The molecule has 1 unspecified atom stereocenters. The minimum Gasteiger partial charge on any atom is -0.334 e. The second kappa shape index (κ2) is 6.15. The first-order valence-electron chi connectivity index (χ1n) is 6.51. The van der Waals surface area contributed by atoms with Gasteiger partial charge in [-0.15, -0.1) is 11.3 Å². The molecule has 0 aromatic carbocycles. The van der Waals surface area contributed by atoms with Gasteiger partial charge in [0.1, 0.15) is 0 Å². The normalized spacial score (nSPS) is 12.2. The molecule has 2 N–H and O–H groups in total. The van der Waals surface area contributed by atoms with Crippen LogP contribution >= 0.6 is 11.3 Å². The van der Waals surface area contributed by atoms with Crippen LogP contribution in [-0.4, -0.2) is 22.8 Å². The number of nitrogens with two attached hydrogens (primary N) is 1. The van der Waals surface area contributed by atoms with E-state index in [9.17, 15) is 4.79 Å². The van der Waals surface area contributed by atoms with E-state index in [1.807, 2.05) is 14.0 Å². The number of hydrogen-bond acceptors (Lipinski definition) is 4. The Hall–Kier alpha value is -1.72. The summed E-state index contributed by atoms with van der Waals surface area (Å²) in [6, 6.07) is 7.69. The molecule has 0 radical (unpaired) electrons. The van der Waals surface area contributed by atoms with Crippen molar-refractivity contribution in [2.24, 2.45) is 5.73 Å². The topological polar surface area (TPSA) is 59.2 Å². The second-order valence-electron chi connectivity index (χ2n) is 4.78. The molecule has 2 rings (SSSR count). The highest BCUT2D eigenvalue weighted by Crippen LogP contribution is 2.27. The predicted molar refractivity (Wildman–Crippen MR) is 81.7 cm³/mol. The Morgan fingerprint density at radius 3 is 2.80 bits per heavy atom. The van der Waals surface area contributed by atoms with Gasteiger partial charge in [0.25, 0.3) is 5.91 Å². The summed E-state index contributed by atoms with van der Waals surface area (Å²) >= 11 is 1.72. The standard InChI is InChI=1S/C15H19N3OS/c1-10-4-5-14(20-10)11(2)18(3)15(19)12-6-7-17-13(8-12)9-16/h4-8,11H,9,16H2,1-3H3. The zero-order chi connectivity index (χ0) is 14.7. The molecule has 4 nitrogen and oxygen atoms in total. The van der Waals surface area contributed by atoms with Crippen LogP contribution in [0.1, 0.15) is 38.8 Å². The first-order chi connectivity index (χ1) is 9.52. The molecule has 2 aromatic rings. The summed E-state index contributed by atoms with van der Waals surface area (Å²) < 4.78 is 0. The van der Waals surface area contributed by atoms with Crippen molar-refractivity contribution in [1.29, 1.82) is 0 Å². The maximum absolute atomic E-state index is 12.5. The van der Waals surface area contributed by atoms with Gasteiger partial charge in [-0.25, -0.2) is 0 Å². The van der Waals surface area contributed by atoms with Crippen molar-refractivity contribution in [1.82, 2.24) is 9.88 Å². The molecule has 0 aliphatic rings. The van der Waals surface area contributed by atoms with Crippen LogP contribution in [0.3, 0.4) is 0 Å². The molecule has 2 aromatic heterocycles. The summed E-state index contributed by atoms with van der Waals surface area (Å²) in [5.41, 5.74) is 6.92. The van der Waals surface area contributed by atoms with Crippen molar-refractivity contribution < 1.29 is 4.79 Å². The Bertz CT molecular complexity index is 609. The van der Waals surface area contributed by atoms with Crippen LogP contribution < -0.4 is 5.73 Å². The maximum Gasteiger partial charge on any atom is 0.254 e. The van der Waals surface area contributed by atoms with E-state index in [-0.39, 0.29) is 11.9 Å². The zero-order valence-electron chi connectivity index (χ0n) is 12.0. The molecule has 0 saturated heterocycles. The van der Waals surface area contributed by atoms with E-state index in [1.54, 1.807) is 34.6 Å². The number of pyridine rings is 1. The van der Waals surface area contributed by atoms with Crippen LogP contribution in [0.25, 0.3) is 0 Å². The number of aromatic nitrogens is 1. The molecule has 0 aliphatic heterocycles. The first kappa shape index (κ1) is 14.7. The van der Waals surface area contributed by atoms with Crippen LogP contribution in [0, 0.1) is 6.92 Å². The minimum absolute atomic E-state index is 0.0133. The highest BCUT2D eigenvalue weighted by molar-refractivity contribution is 7.12. The molecule has 1 amide bonds. The Morgan fingerprint density at radius 1 is 1.45 bits per heavy atom. The molecule has 0 spiro atoms. The third kappa shape index (κ3) is 3.05. The van der Waals surface area contributed by atoms with Crippen LogP contribution in [0.4, 0.5) is 0 Å². The van der Waals surface area contributed by atoms with Gasteiger partial charge in [-0.3, -0.25) is 9.78 Å². The van der Waals surface area contributed by atoms with Crippen LogP contribution in [0.2, 0.25) is 0 Å². The Kier molecular flexibility index (Phi) is 4.52. The second-order valence-corrected chi connectivity index (χ2v) is 6.10. The molecule has 2 heterocycles. The Morgan fingerprint density at radius 2 is 2.20 bits per heavy atom. The average Bonchev–Trinajstić information content (AvgIpc) is 2.91. The number of hydrogen-bond donors (Lipinski definition) is 1. The fraction of sp³-hybridized carbons (Fsp3) is 0.333. The maximum atomic E-state index is 12.5. The summed E-state index contributed by atoms with van der Waals surface area (Å²) in [5.74, 6) is -0.0133. The molecule has 0 aliphatic carbocycles. The molecule has 106 valence electrons. The van der Waals surface area contributed by atoms with E-state index in [4.69, 9.17) is 5.73 Å². The van der Waals surface area contributed by atoms with Gasteiger partial charge in [-0.2, -0.15) is 0 Å². The Labute approximate surface area is 123 Å². The molecular weight excluding hydrogens is 270 g/mol. The quantitative estimate of drug-likeness (QED) is 0.941. The van der Waals surface area contributed by atoms with Gasteiger partial charge in [0.2, 0.25) is 0 Å². The highest BCUT2D eigenvalue weighted by Gasteiger charge is 2.20. The lowest BCUT2D eigenvalue weighted by atomic mass is 10.1. The SMILES string of the molecule is Cc1ccc(C(C)N(C)C(=O)c2ccnc(CN)c2)s1. The first-order valence-corrected chi connectivity index (χ1v) is 7.33. The smallest absolute Gasteiger partial charge is 0.254 e. The van der Waals surface area contributed by atoms with E-state index in [0.29, 0.717) is 12.1 Å². The van der Waals surface area contributed by atoms with E-state index >= 15 is 0 Å². The van der Waals surface area contributed by atoms with Gasteiger partial charge in [-0.05, 0) is 38.1 Å².